The van der Waals surface area contributed by atoms with E-state index in [0.717, 1.165) is 41.1 Å². The molecule has 3 rings (SSSR count). The molecule has 0 saturated heterocycles. The quantitative estimate of drug-likeness (QED) is 0.595. The SMILES string of the molecule is FC(F)(F)c1cccc(Cl)c1Cn1nc(I)c2c1CCCC2. The molecular formula is C15H13ClF3IN2. The number of aromatic nitrogens is 2. The van der Waals surface area contributed by atoms with Crippen LogP contribution in [-0.2, 0) is 25.6 Å². The van der Waals surface area contributed by atoms with Gasteiger partial charge in [0, 0.05) is 21.8 Å². The molecule has 1 heterocycles. The molecule has 0 fully saturated rings. The highest BCUT2D eigenvalue weighted by atomic mass is 127. The Morgan fingerprint density at radius 2 is 1.95 bits per heavy atom. The van der Waals surface area contributed by atoms with Crippen molar-refractivity contribution in [2.45, 2.75) is 38.4 Å². The van der Waals surface area contributed by atoms with Crippen LogP contribution >= 0.6 is 34.2 Å². The van der Waals surface area contributed by atoms with Crippen LogP contribution in [0.1, 0.15) is 35.2 Å². The maximum absolute atomic E-state index is 13.2. The van der Waals surface area contributed by atoms with Crippen molar-refractivity contribution < 1.29 is 13.2 Å². The molecule has 0 amide bonds. The fourth-order valence-corrected chi connectivity index (χ4v) is 3.96. The Labute approximate surface area is 144 Å². The summed E-state index contributed by atoms with van der Waals surface area (Å²) in [6.07, 6.45) is -0.460. The molecular weight excluding hydrogens is 428 g/mol. The smallest absolute Gasteiger partial charge is 0.264 e. The number of rotatable bonds is 2. The topological polar surface area (TPSA) is 17.8 Å². The zero-order valence-electron chi connectivity index (χ0n) is 11.6. The Morgan fingerprint density at radius 1 is 1.23 bits per heavy atom. The van der Waals surface area contributed by atoms with Gasteiger partial charge in [-0.05, 0) is 60.4 Å². The molecule has 1 aromatic heterocycles. The normalized spacial score (nSPS) is 15.0. The van der Waals surface area contributed by atoms with E-state index in [1.165, 1.54) is 17.7 Å². The van der Waals surface area contributed by atoms with Gasteiger partial charge in [0.2, 0.25) is 0 Å². The molecule has 0 N–H and O–H groups in total. The van der Waals surface area contributed by atoms with Crippen LogP contribution in [0.2, 0.25) is 5.02 Å². The van der Waals surface area contributed by atoms with Crippen LogP contribution in [0.4, 0.5) is 13.2 Å². The van der Waals surface area contributed by atoms with E-state index < -0.39 is 11.7 Å². The first-order valence-corrected chi connectivity index (χ1v) is 8.42. The maximum Gasteiger partial charge on any atom is 0.416 e. The van der Waals surface area contributed by atoms with E-state index in [-0.39, 0.29) is 17.1 Å². The second-order valence-corrected chi connectivity index (χ2v) is 6.77. The van der Waals surface area contributed by atoms with E-state index in [4.69, 9.17) is 11.6 Å². The molecule has 0 unspecified atom stereocenters. The highest BCUT2D eigenvalue weighted by Crippen LogP contribution is 2.36. The van der Waals surface area contributed by atoms with Crippen molar-refractivity contribution in [3.05, 3.63) is 49.3 Å². The molecule has 0 atom stereocenters. The average molecular weight is 441 g/mol. The van der Waals surface area contributed by atoms with Gasteiger partial charge < -0.3 is 0 Å². The lowest BCUT2D eigenvalue weighted by atomic mass is 9.98. The molecule has 7 heteroatoms. The van der Waals surface area contributed by atoms with Crippen molar-refractivity contribution >= 4 is 34.2 Å². The summed E-state index contributed by atoms with van der Waals surface area (Å²) >= 11 is 8.19. The molecule has 0 saturated carbocycles. The third kappa shape index (κ3) is 2.99. The number of nitrogens with zero attached hydrogens (tertiary/aromatic N) is 2. The summed E-state index contributed by atoms with van der Waals surface area (Å²) < 4.78 is 42.1. The summed E-state index contributed by atoms with van der Waals surface area (Å²) in [5.74, 6) is 0. The minimum absolute atomic E-state index is 0.0554. The third-order valence-electron chi connectivity index (χ3n) is 3.94. The lowest BCUT2D eigenvalue weighted by molar-refractivity contribution is -0.138. The molecule has 0 spiro atoms. The summed E-state index contributed by atoms with van der Waals surface area (Å²) in [6, 6.07) is 3.89. The van der Waals surface area contributed by atoms with Crippen LogP contribution < -0.4 is 0 Å². The lowest BCUT2D eigenvalue weighted by Crippen LogP contribution is -2.15. The molecule has 0 radical (unpaired) electrons. The second-order valence-electron chi connectivity index (χ2n) is 5.34. The maximum atomic E-state index is 13.2. The zero-order valence-corrected chi connectivity index (χ0v) is 14.5. The van der Waals surface area contributed by atoms with Gasteiger partial charge in [0.1, 0.15) is 3.70 Å². The van der Waals surface area contributed by atoms with Gasteiger partial charge in [-0.1, -0.05) is 17.7 Å². The number of hydrogen-bond acceptors (Lipinski definition) is 1. The molecule has 1 aliphatic rings. The minimum Gasteiger partial charge on any atom is -0.264 e. The monoisotopic (exact) mass is 440 g/mol. The molecule has 22 heavy (non-hydrogen) atoms. The summed E-state index contributed by atoms with van der Waals surface area (Å²) in [4.78, 5) is 0. The van der Waals surface area contributed by atoms with Gasteiger partial charge in [0.25, 0.3) is 0 Å². The van der Waals surface area contributed by atoms with Crippen molar-refractivity contribution in [2.75, 3.05) is 0 Å². The van der Waals surface area contributed by atoms with Gasteiger partial charge in [-0.2, -0.15) is 18.3 Å². The summed E-state index contributed by atoms with van der Waals surface area (Å²) in [7, 11) is 0. The average Bonchev–Trinajstić information content (AvgIpc) is 2.77. The molecule has 118 valence electrons. The third-order valence-corrected chi connectivity index (χ3v) is 5.16. The first-order valence-electron chi connectivity index (χ1n) is 6.96. The number of benzene rings is 1. The fraction of sp³-hybridized carbons (Fsp3) is 0.400. The van der Waals surface area contributed by atoms with Crippen molar-refractivity contribution in [1.82, 2.24) is 9.78 Å². The van der Waals surface area contributed by atoms with Gasteiger partial charge in [0.05, 0.1) is 12.1 Å². The van der Waals surface area contributed by atoms with Crippen LogP contribution in [0.25, 0.3) is 0 Å². The molecule has 0 bridgehead atoms. The largest absolute Gasteiger partial charge is 0.416 e. The highest BCUT2D eigenvalue weighted by molar-refractivity contribution is 14.1. The van der Waals surface area contributed by atoms with E-state index in [1.54, 1.807) is 4.68 Å². The Hall–Kier alpha value is -0.760. The standard InChI is InChI=1S/C15H13ClF3IN2/c16-12-6-3-5-11(15(17,18)19)10(12)8-22-13-7-2-1-4-9(13)14(20)21-22/h3,5-6H,1-2,4,7-8H2. The van der Waals surface area contributed by atoms with Gasteiger partial charge in [-0.3, -0.25) is 4.68 Å². The van der Waals surface area contributed by atoms with Crippen molar-refractivity contribution in [3.63, 3.8) is 0 Å². The summed E-state index contributed by atoms with van der Waals surface area (Å²) in [5.41, 5.74) is 1.62. The summed E-state index contributed by atoms with van der Waals surface area (Å²) in [6.45, 7) is 0.0554. The van der Waals surface area contributed by atoms with E-state index in [1.807, 2.05) is 0 Å². The number of hydrogen-bond donors (Lipinski definition) is 0. The number of halogens is 5. The van der Waals surface area contributed by atoms with Gasteiger partial charge in [-0.15, -0.1) is 0 Å². The highest BCUT2D eigenvalue weighted by Gasteiger charge is 2.34. The Balaban J connectivity index is 2.05. The van der Waals surface area contributed by atoms with E-state index in [9.17, 15) is 13.2 Å². The second kappa shape index (κ2) is 6.03. The predicted octanol–water partition coefficient (Wildman–Crippen LogP) is 5.09. The molecule has 2 nitrogen and oxygen atoms in total. The summed E-state index contributed by atoms with van der Waals surface area (Å²) in [5, 5.41) is 4.56. The van der Waals surface area contributed by atoms with Crippen LogP contribution in [0.15, 0.2) is 18.2 Å². The first kappa shape index (κ1) is 16.1. The fourth-order valence-electron chi connectivity index (χ4n) is 2.89. The minimum atomic E-state index is -4.42. The molecule has 1 aromatic carbocycles. The van der Waals surface area contributed by atoms with Crippen molar-refractivity contribution in [1.29, 1.82) is 0 Å². The van der Waals surface area contributed by atoms with E-state index in [0.29, 0.717) is 0 Å². The number of alkyl halides is 3. The molecule has 1 aliphatic carbocycles. The molecule has 0 aliphatic heterocycles. The van der Waals surface area contributed by atoms with Gasteiger partial charge in [-0.25, -0.2) is 0 Å². The predicted molar refractivity (Wildman–Crippen MR) is 87.1 cm³/mol. The van der Waals surface area contributed by atoms with E-state index >= 15 is 0 Å². The van der Waals surface area contributed by atoms with Crippen molar-refractivity contribution in [3.8, 4) is 0 Å². The first-order chi connectivity index (χ1) is 10.4. The van der Waals surface area contributed by atoms with Crippen LogP contribution in [0.3, 0.4) is 0 Å². The van der Waals surface area contributed by atoms with E-state index in [2.05, 4.69) is 27.7 Å². The van der Waals surface area contributed by atoms with Gasteiger partial charge in [0.15, 0.2) is 0 Å². The van der Waals surface area contributed by atoms with Crippen LogP contribution in [-0.4, -0.2) is 9.78 Å². The van der Waals surface area contributed by atoms with Crippen molar-refractivity contribution in [2.24, 2.45) is 0 Å². The number of fused-ring (bicyclic) bond motifs is 1. The Morgan fingerprint density at radius 3 is 2.68 bits per heavy atom. The van der Waals surface area contributed by atoms with Crippen LogP contribution in [0.5, 0.6) is 0 Å². The molecule has 2 aromatic rings. The van der Waals surface area contributed by atoms with Gasteiger partial charge >= 0.3 is 6.18 Å². The lowest BCUT2D eigenvalue weighted by Gasteiger charge is -2.17. The Bertz CT molecular complexity index is 710. The zero-order chi connectivity index (χ0) is 15.9. The Kier molecular flexibility index (Phi) is 4.42. The van der Waals surface area contributed by atoms with Crippen LogP contribution in [0, 0.1) is 3.70 Å².